The van der Waals surface area contributed by atoms with Crippen LogP contribution in [0.4, 0.5) is 0 Å². The van der Waals surface area contributed by atoms with E-state index in [4.69, 9.17) is 0 Å². The van der Waals surface area contributed by atoms with E-state index in [0.29, 0.717) is 11.7 Å². The predicted octanol–water partition coefficient (Wildman–Crippen LogP) is 3.42. The van der Waals surface area contributed by atoms with E-state index in [2.05, 4.69) is 18.8 Å². The van der Waals surface area contributed by atoms with Crippen LogP contribution in [0.25, 0.3) is 0 Å². The second-order valence-electron chi connectivity index (χ2n) is 3.68. The highest BCUT2D eigenvalue weighted by molar-refractivity contribution is 7.99. The number of nitrogens with zero attached hydrogens (tertiary/aromatic N) is 1. The lowest BCUT2D eigenvalue weighted by molar-refractivity contribution is 0.169. The number of aliphatic hydroxyl groups is 1. The molecule has 0 saturated heterocycles. The van der Waals surface area contributed by atoms with Crippen LogP contribution in [0.5, 0.6) is 0 Å². The van der Waals surface area contributed by atoms with Crippen molar-refractivity contribution in [3.63, 3.8) is 0 Å². The normalized spacial score (nSPS) is 14.9. The summed E-state index contributed by atoms with van der Waals surface area (Å²) in [6, 6.07) is 3.96. The molecule has 3 heteroatoms. The van der Waals surface area contributed by atoms with Gasteiger partial charge in [0.25, 0.3) is 0 Å². The molecule has 0 amide bonds. The van der Waals surface area contributed by atoms with Crippen LogP contribution in [-0.4, -0.2) is 15.3 Å². The molecule has 1 N–H and O–H groups in total. The highest BCUT2D eigenvalue weighted by Gasteiger charge is 2.07. The molecule has 0 aliphatic carbocycles. The second-order valence-corrected chi connectivity index (χ2v) is 5.19. The Bertz CT molecular complexity index is 286. The summed E-state index contributed by atoms with van der Waals surface area (Å²) in [5.41, 5.74) is 0.769. The lowest BCUT2D eigenvalue weighted by Gasteiger charge is -2.10. The Morgan fingerprint density at radius 2 is 2.07 bits per heavy atom. The summed E-state index contributed by atoms with van der Waals surface area (Å²) in [7, 11) is 0. The summed E-state index contributed by atoms with van der Waals surface area (Å²) < 4.78 is 0. The molecule has 0 saturated carbocycles. The van der Waals surface area contributed by atoms with Crippen molar-refractivity contribution in [3.05, 3.63) is 24.0 Å². The third-order valence-electron chi connectivity index (χ3n) is 2.40. The fraction of sp³-hybridized carbons (Fsp3) is 0.583. The minimum atomic E-state index is -0.423. The molecule has 2 nitrogen and oxygen atoms in total. The van der Waals surface area contributed by atoms with Gasteiger partial charge in [0, 0.05) is 16.3 Å². The zero-order valence-corrected chi connectivity index (χ0v) is 10.4. The molecule has 84 valence electrons. The summed E-state index contributed by atoms with van der Waals surface area (Å²) in [4.78, 5) is 5.44. The molecular weight excluding hydrogens is 206 g/mol. The van der Waals surface area contributed by atoms with Crippen molar-refractivity contribution in [1.82, 2.24) is 4.98 Å². The highest BCUT2D eigenvalue weighted by Crippen LogP contribution is 2.25. The number of thioether (sulfide) groups is 1. The second kappa shape index (κ2) is 6.13. The molecule has 0 fully saturated rings. The molecule has 0 aromatic carbocycles. The van der Waals surface area contributed by atoms with Gasteiger partial charge < -0.3 is 5.11 Å². The van der Waals surface area contributed by atoms with Crippen LogP contribution in [0.1, 0.15) is 45.4 Å². The van der Waals surface area contributed by atoms with Gasteiger partial charge in [-0.15, -0.1) is 11.8 Å². The molecule has 0 spiro atoms. The quantitative estimate of drug-likeness (QED) is 0.779. The van der Waals surface area contributed by atoms with Crippen molar-refractivity contribution in [2.24, 2.45) is 0 Å². The standard InChI is InChI=1S/C12H19NOS/c1-4-9(3)15-10-6-7-11(13-8-10)12(14)5-2/h6-9,12,14H,4-5H2,1-3H3. The van der Waals surface area contributed by atoms with Crippen LogP contribution in [0, 0.1) is 0 Å². The van der Waals surface area contributed by atoms with E-state index in [1.807, 2.05) is 37.0 Å². The third-order valence-corrected chi connectivity index (χ3v) is 3.65. The minimum Gasteiger partial charge on any atom is -0.387 e. The monoisotopic (exact) mass is 225 g/mol. The fourth-order valence-electron chi connectivity index (χ4n) is 1.18. The Hall–Kier alpha value is -0.540. The van der Waals surface area contributed by atoms with Crippen molar-refractivity contribution in [1.29, 1.82) is 0 Å². The number of hydrogen-bond acceptors (Lipinski definition) is 3. The maximum absolute atomic E-state index is 9.58. The van der Waals surface area contributed by atoms with E-state index in [9.17, 15) is 5.11 Å². The maximum atomic E-state index is 9.58. The number of rotatable bonds is 5. The van der Waals surface area contributed by atoms with Crippen molar-refractivity contribution < 1.29 is 5.11 Å². The van der Waals surface area contributed by atoms with Crippen LogP contribution in [0.2, 0.25) is 0 Å². The smallest absolute Gasteiger partial charge is 0.0957 e. The van der Waals surface area contributed by atoms with Gasteiger partial charge in [0.2, 0.25) is 0 Å². The van der Waals surface area contributed by atoms with Gasteiger partial charge >= 0.3 is 0 Å². The first-order valence-corrected chi connectivity index (χ1v) is 6.36. The topological polar surface area (TPSA) is 33.1 Å². The molecule has 1 aromatic heterocycles. The van der Waals surface area contributed by atoms with Crippen molar-refractivity contribution in [2.75, 3.05) is 0 Å². The highest BCUT2D eigenvalue weighted by atomic mass is 32.2. The van der Waals surface area contributed by atoms with E-state index in [0.717, 1.165) is 12.1 Å². The van der Waals surface area contributed by atoms with E-state index in [1.54, 1.807) is 0 Å². The number of pyridine rings is 1. The van der Waals surface area contributed by atoms with Gasteiger partial charge in [-0.25, -0.2) is 0 Å². The molecule has 2 atom stereocenters. The van der Waals surface area contributed by atoms with Gasteiger partial charge in [-0.05, 0) is 25.0 Å². The fourth-order valence-corrected chi connectivity index (χ4v) is 2.07. The minimum absolute atomic E-state index is 0.423. The van der Waals surface area contributed by atoms with Gasteiger partial charge in [0.15, 0.2) is 0 Å². The Morgan fingerprint density at radius 3 is 2.53 bits per heavy atom. The van der Waals surface area contributed by atoms with Gasteiger partial charge in [0.05, 0.1) is 11.8 Å². The number of aromatic nitrogens is 1. The van der Waals surface area contributed by atoms with Crippen LogP contribution >= 0.6 is 11.8 Å². The molecule has 1 aromatic rings. The van der Waals surface area contributed by atoms with Crippen LogP contribution in [0.15, 0.2) is 23.2 Å². The van der Waals surface area contributed by atoms with Gasteiger partial charge in [-0.2, -0.15) is 0 Å². The van der Waals surface area contributed by atoms with E-state index in [-0.39, 0.29) is 0 Å². The molecule has 0 aliphatic rings. The zero-order valence-electron chi connectivity index (χ0n) is 9.60. The van der Waals surface area contributed by atoms with E-state index in [1.165, 1.54) is 4.90 Å². The lowest BCUT2D eigenvalue weighted by Crippen LogP contribution is -1.99. The summed E-state index contributed by atoms with van der Waals surface area (Å²) in [5.74, 6) is 0. The first-order valence-electron chi connectivity index (χ1n) is 5.48. The number of aliphatic hydroxyl groups excluding tert-OH is 1. The molecule has 0 bridgehead atoms. The predicted molar refractivity (Wildman–Crippen MR) is 65.1 cm³/mol. The van der Waals surface area contributed by atoms with E-state index < -0.39 is 6.10 Å². The SMILES string of the molecule is CCC(C)Sc1ccc(C(O)CC)nc1. The summed E-state index contributed by atoms with van der Waals surface area (Å²) in [6.45, 7) is 6.34. The van der Waals surface area contributed by atoms with Gasteiger partial charge in [-0.3, -0.25) is 4.98 Å². The first-order chi connectivity index (χ1) is 7.17. The first kappa shape index (κ1) is 12.5. The molecule has 0 radical (unpaired) electrons. The van der Waals surface area contributed by atoms with Crippen LogP contribution in [0.3, 0.4) is 0 Å². The summed E-state index contributed by atoms with van der Waals surface area (Å²) in [5, 5.41) is 10.2. The Morgan fingerprint density at radius 1 is 1.33 bits per heavy atom. The molecule has 15 heavy (non-hydrogen) atoms. The average molecular weight is 225 g/mol. The molecular formula is C12H19NOS. The van der Waals surface area contributed by atoms with Crippen LogP contribution < -0.4 is 0 Å². The summed E-state index contributed by atoms with van der Waals surface area (Å²) >= 11 is 1.83. The molecule has 2 unspecified atom stereocenters. The Balaban J connectivity index is 2.64. The third kappa shape index (κ3) is 3.84. The molecule has 0 aliphatic heterocycles. The number of hydrogen-bond donors (Lipinski definition) is 1. The van der Waals surface area contributed by atoms with Crippen molar-refractivity contribution in [3.8, 4) is 0 Å². The molecule has 1 heterocycles. The lowest BCUT2D eigenvalue weighted by atomic mass is 10.2. The largest absolute Gasteiger partial charge is 0.387 e. The van der Waals surface area contributed by atoms with E-state index >= 15 is 0 Å². The molecule has 1 rings (SSSR count). The van der Waals surface area contributed by atoms with Crippen molar-refractivity contribution >= 4 is 11.8 Å². The Kier molecular flexibility index (Phi) is 5.12. The summed E-state index contributed by atoms with van der Waals surface area (Å²) in [6.07, 6.45) is 3.30. The van der Waals surface area contributed by atoms with Gasteiger partial charge in [0.1, 0.15) is 0 Å². The van der Waals surface area contributed by atoms with Crippen molar-refractivity contribution in [2.45, 2.75) is 49.9 Å². The zero-order chi connectivity index (χ0) is 11.3. The Labute approximate surface area is 96.1 Å². The maximum Gasteiger partial charge on any atom is 0.0957 e. The average Bonchev–Trinajstić information content (AvgIpc) is 2.29. The van der Waals surface area contributed by atoms with Gasteiger partial charge in [-0.1, -0.05) is 20.8 Å². The van der Waals surface area contributed by atoms with Crippen LogP contribution in [-0.2, 0) is 0 Å².